The molecular weight excluding hydrogens is 346 g/mol. The molecule has 1 atom stereocenters. The maximum absolute atomic E-state index is 13.5. The SMILES string of the molecule is CC(Nc1ccc([N+](=O)[O-])c(F)c1)c1ccc(F)c(Br)c1. The van der Waals surface area contributed by atoms with Crippen LogP contribution in [0.5, 0.6) is 0 Å². The number of anilines is 1. The van der Waals surface area contributed by atoms with Gasteiger partial charge in [0.1, 0.15) is 5.82 Å². The van der Waals surface area contributed by atoms with Crippen molar-refractivity contribution < 1.29 is 13.7 Å². The number of benzene rings is 2. The molecule has 4 nitrogen and oxygen atoms in total. The Bertz CT molecular complexity index is 695. The van der Waals surface area contributed by atoms with E-state index in [1.807, 2.05) is 6.92 Å². The van der Waals surface area contributed by atoms with Gasteiger partial charge < -0.3 is 5.32 Å². The summed E-state index contributed by atoms with van der Waals surface area (Å²) in [7, 11) is 0. The molecule has 21 heavy (non-hydrogen) atoms. The molecule has 0 fully saturated rings. The van der Waals surface area contributed by atoms with E-state index >= 15 is 0 Å². The molecule has 0 radical (unpaired) electrons. The molecule has 7 heteroatoms. The van der Waals surface area contributed by atoms with E-state index < -0.39 is 16.4 Å². The zero-order valence-electron chi connectivity index (χ0n) is 10.9. The lowest BCUT2D eigenvalue weighted by molar-refractivity contribution is -0.387. The maximum Gasteiger partial charge on any atom is 0.304 e. The summed E-state index contributed by atoms with van der Waals surface area (Å²) in [4.78, 5) is 9.77. The van der Waals surface area contributed by atoms with Crippen LogP contribution in [-0.4, -0.2) is 4.92 Å². The van der Waals surface area contributed by atoms with Crippen molar-refractivity contribution in [3.63, 3.8) is 0 Å². The van der Waals surface area contributed by atoms with Crippen LogP contribution < -0.4 is 5.32 Å². The summed E-state index contributed by atoms with van der Waals surface area (Å²) in [6.45, 7) is 1.82. The molecule has 1 unspecified atom stereocenters. The summed E-state index contributed by atoms with van der Waals surface area (Å²) in [5, 5.41) is 13.6. The topological polar surface area (TPSA) is 55.2 Å². The number of nitro benzene ring substituents is 1. The minimum absolute atomic E-state index is 0.220. The average molecular weight is 357 g/mol. The highest BCUT2D eigenvalue weighted by atomic mass is 79.9. The van der Waals surface area contributed by atoms with Gasteiger partial charge in [-0.1, -0.05) is 6.07 Å². The quantitative estimate of drug-likeness (QED) is 0.631. The lowest BCUT2D eigenvalue weighted by atomic mass is 10.1. The fraction of sp³-hybridized carbons (Fsp3) is 0.143. The molecule has 0 bridgehead atoms. The van der Waals surface area contributed by atoms with Crippen molar-refractivity contribution in [2.24, 2.45) is 0 Å². The third-order valence-electron chi connectivity index (χ3n) is 2.97. The normalized spacial score (nSPS) is 12.0. The summed E-state index contributed by atoms with van der Waals surface area (Å²) >= 11 is 3.10. The smallest absolute Gasteiger partial charge is 0.304 e. The molecular formula is C14H11BrF2N2O2. The molecule has 0 amide bonds. The highest BCUT2D eigenvalue weighted by Gasteiger charge is 2.15. The Balaban J connectivity index is 2.19. The predicted octanol–water partition coefficient (Wildman–Crippen LogP) is 4.81. The van der Waals surface area contributed by atoms with Gasteiger partial charge in [-0.2, -0.15) is 4.39 Å². The zero-order chi connectivity index (χ0) is 15.6. The molecule has 110 valence electrons. The Labute approximate surface area is 128 Å². The Morgan fingerprint density at radius 2 is 1.90 bits per heavy atom. The summed E-state index contributed by atoms with van der Waals surface area (Å²) in [6, 6.07) is 7.93. The Morgan fingerprint density at radius 1 is 1.19 bits per heavy atom. The van der Waals surface area contributed by atoms with Crippen molar-refractivity contribution in [2.75, 3.05) is 5.32 Å². The van der Waals surface area contributed by atoms with Crippen molar-refractivity contribution in [2.45, 2.75) is 13.0 Å². The van der Waals surface area contributed by atoms with E-state index in [9.17, 15) is 18.9 Å². The number of nitrogens with zero attached hydrogens (tertiary/aromatic N) is 1. The van der Waals surface area contributed by atoms with Crippen molar-refractivity contribution in [1.82, 2.24) is 0 Å². The van der Waals surface area contributed by atoms with E-state index in [-0.39, 0.29) is 11.9 Å². The van der Waals surface area contributed by atoms with E-state index in [2.05, 4.69) is 21.2 Å². The van der Waals surface area contributed by atoms with Gasteiger partial charge in [0.2, 0.25) is 5.82 Å². The fourth-order valence-electron chi connectivity index (χ4n) is 1.86. The van der Waals surface area contributed by atoms with Crippen molar-refractivity contribution in [1.29, 1.82) is 0 Å². The highest BCUT2D eigenvalue weighted by molar-refractivity contribution is 9.10. The summed E-state index contributed by atoms with van der Waals surface area (Å²) in [5.41, 5.74) is 0.630. The second-order valence-electron chi connectivity index (χ2n) is 4.46. The van der Waals surface area contributed by atoms with Crippen LogP contribution in [0.3, 0.4) is 0 Å². The van der Waals surface area contributed by atoms with Gasteiger partial charge in [-0.3, -0.25) is 10.1 Å². The van der Waals surface area contributed by atoms with Crippen LogP contribution >= 0.6 is 15.9 Å². The van der Waals surface area contributed by atoms with Gasteiger partial charge in [0.25, 0.3) is 0 Å². The minimum atomic E-state index is -0.905. The standard InChI is InChI=1S/C14H11BrF2N2O2/c1-8(9-2-4-12(16)11(15)6-9)18-10-3-5-14(19(20)21)13(17)7-10/h2-8,18H,1H3. The van der Waals surface area contributed by atoms with Crippen LogP contribution in [0.1, 0.15) is 18.5 Å². The molecule has 2 aromatic carbocycles. The lowest BCUT2D eigenvalue weighted by Gasteiger charge is -2.16. The summed E-state index contributed by atoms with van der Waals surface area (Å²) in [6.07, 6.45) is 0. The number of nitrogens with one attached hydrogen (secondary N) is 1. The second kappa shape index (κ2) is 6.17. The average Bonchev–Trinajstić information content (AvgIpc) is 2.41. The highest BCUT2D eigenvalue weighted by Crippen LogP contribution is 2.26. The van der Waals surface area contributed by atoms with E-state index in [4.69, 9.17) is 0 Å². The Kier molecular flexibility index (Phi) is 4.52. The largest absolute Gasteiger partial charge is 0.378 e. The first kappa shape index (κ1) is 15.4. The molecule has 0 aromatic heterocycles. The van der Waals surface area contributed by atoms with E-state index in [1.54, 1.807) is 12.1 Å². The van der Waals surface area contributed by atoms with Crippen LogP contribution in [0.2, 0.25) is 0 Å². The molecule has 0 saturated heterocycles. The third kappa shape index (κ3) is 3.55. The van der Waals surface area contributed by atoms with Crippen molar-refractivity contribution in [3.05, 3.63) is 68.2 Å². The number of hydrogen-bond donors (Lipinski definition) is 1. The minimum Gasteiger partial charge on any atom is -0.378 e. The van der Waals surface area contributed by atoms with Gasteiger partial charge >= 0.3 is 5.69 Å². The lowest BCUT2D eigenvalue weighted by Crippen LogP contribution is -2.07. The molecule has 1 N–H and O–H groups in total. The predicted molar refractivity (Wildman–Crippen MR) is 79.2 cm³/mol. The van der Waals surface area contributed by atoms with Gasteiger partial charge in [-0.25, -0.2) is 4.39 Å². The van der Waals surface area contributed by atoms with Gasteiger partial charge in [-0.15, -0.1) is 0 Å². The van der Waals surface area contributed by atoms with E-state index in [1.165, 1.54) is 12.1 Å². The number of halogens is 3. The fourth-order valence-corrected chi connectivity index (χ4v) is 2.26. The number of hydrogen-bond acceptors (Lipinski definition) is 3. The first-order valence-corrected chi connectivity index (χ1v) is 6.83. The summed E-state index contributed by atoms with van der Waals surface area (Å²) < 4.78 is 27.0. The molecule has 0 aliphatic rings. The van der Waals surface area contributed by atoms with Crippen LogP contribution in [0.25, 0.3) is 0 Å². The maximum atomic E-state index is 13.5. The summed E-state index contributed by atoms with van der Waals surface area (Å²) in [5.74, 6) is -1.27. The van der Waals surface area contributed by atoms with Crippen LogP contribution in [0.4, 0.5) is 20.2 Å². The zero-order valence-corrected chi connectivity index (χ0v) is 12.5. The molecule has 2 rings (SSSR count). The molecule has 0 saturated carbocycles. The molecule has 2 aromatic rings. The first-order chi connectivity index (χ1) is 9.88. The van der Waals surface area contributed by atoms with Crippen LogP contribution in [-0.2, 0) is 0 Å². The van der Waals surface area contributed by atoms with Crippen molar-refractivity contribution in [3.8, 4) is 0 Å². The van der Waals surface area contributed by atoms with Crippen LogP contribution in [0, 0.1) is 21.7 Å². The molecule has 0 aliphatic carbocycles. The van der Waals surface area contributed by atoms with Gasteiger partial charge in [-0.05, 0) is 46.6 Å². The second-order valence-corrected chi connectivity index (χ2v) is 5.32. The molecule has 0 heterocycles. The number of rotatable bonds is 4. The van der Waals surface area contributed by atoms with Crippen LogP contribution in [0.15, 0.2) is 40.9 Å². The Hall–Kier alpha value is -2.02. The van der Waals surface area contributed by atoms with Gasteiger partial charge in [0, 0.05) is 23.9 Å². The van der Waals surface area contributed by atoms with Gasteiger partial charge in [0.05, 0.1) is 9.40 Å². The number of nitro groups is 1. The van der Waals surface area contributed by atoms with E-state index in [0.29, 0.717) is 10.2 Å². The third-order valence-corrected chi connectivity index (χ3v) is 3.58. The molecule has 0 spiro atoms. The Morgan fingerprint density at radius 3 is 2.48 bits per heavy atom. The van der Waals surface area contributed by atoms with Crippen molar-refractivity contribution >= 4 is 27.3 Å². The monoisotopic (exact) mass is 356 g/mol. The van der Waals surface area contributed by atoms with E-state index in [0.717, 1.165) is 17.7 Å². The first-order valence-electron chi connectivity index (χ1n) is 6.04. The molecule has 0 aliphatic heterocycles. The van der Waals surface area contributed by atoms with Gasteiger partial charge in [0.15, 0.2) is 0 Å².